The van der Waals surface area contributed by atoms with Crippen LogP contribution in [0.25, 0.3) is 0 Å². The van der Waals surface area contributed by atoms with Crippen molar-refractivity contribution in [2.24, 2.45) is 5.92 Å². The summed E-state index contributed by atoms with van der Waals surface area (Å²) in [5.74, 6) is 0.783. The van der Waals surface area contributed by atoms with Crippen LogP contribution in [0.1, 0.15) is 51.9 Å². The highest BCUT2D eigenvalue weighted by atomic mass is 16.5. The lowest BCUT2D eigenvalue weighted by Crippen LogP contribution is -2.41. The Bertz CT molecular complexity index is 229. The average molecular weight is 255 g/mol. The lowest BCUT2D eigenvalue weighted by Gasteiger charge is -2.32. The van der Waals surface area contributed by atoms with Crippen molar-refractivity contribution < 1.29 is 9.84 Å². The van der Waals surface area contributed by atoms with E-state index in [0.29, 0.717) is 12.7 Å². The quantitative estimate of drug-likeness (QED) is 0.819. The minimum Gasteiger partial charge on any atom is -0.389 e. The summed E-state index contributed by atoms with van der Waals surface area (Å²) in [5.41, 5.74) is 0. The zero-order chi connectivity index (χ0) is 12.8. The van der Waals surface area contributed by atoms with Crippen LogP contribution in [0.4, 0.5) is 0 Å². The molecule has 0 aromatic carbocycles. The Morgan fingerprint density at radius 1 is 1.17 bits per heavy atom. The van der Waals surface area contributed by atoms with E-state index < -0.39 is 0 Å². The summed E-state index contributed by atoms with van der Waals surface area (Å²) in [5, 5.41) is 10.1. The summed E-state index contributed by atoms with van der Waals surface area (Å²) in [6, 6.07) is 0. The molecule has 2 atom stereocenters. The number of rotatable bonds is 5. The minimum absolute atomic E-state index is 0.308. The van der Waals surface area contributed by atoms with Gasteiger partial charge in [0.1, 0.15) is 0 Å². The number of piperidine rings is 1. The molecule has 1 aliphatic carbocycles. The minimum atomic E-state index is -0.308. The molecule has 2 rings (SSSR count). The summed E-state index contributed by atoms with van der Waals surface area (Å²) >= 11 is 0. The molecule has 1 saturated heterocycles. The van der Waals surface area contributed by atoms with Crippen LogP contribution in [-0.4, -0.2) is 48.5 Å². The first-order valence-corrected chi connectivity index (χ1v) is 7.76. The van der Waals surface area contributed by atoms with E-state index in [1.54, 1.807) is 0 Å². The summed E-state index contributed by atoms with van der Waals surface area (Å²) < 4.78 is 5.84. The van der Waals surface area contributed by atoms with Gasteiger partial charge in [0.25, 0.3) is 0 Å². The van der Waals surface area contributed by atoms with Gasteiger partial charge in [-0.25, -0.2) is 0 Å². The molecule has 0 bridgehead atoms. The van der Waals surface area contributed by atoms with Crippen LogP contribution in [0.5, 0.6) is 0 Å². The Morgan fingerprint density at radius 3 is 2.67 bits per heavy atom. The Balaban J connectivity index is 1.60. The highest BCUT2D eigenvalue weighted by Crippen LogP contribution is 2.20. The first-order chi connectivity index (χ1) is 8.74. The summed E-state index contributed by atoms with van der Waals surface area (Å²) in [6.45, 7) is 5.90. The van der Waals surface area contributed by atoms with E-state index >= 15 is 0 Å². The van der Waals surface area contributed by atoms with Crippen molar-refractivity contribution in [1.82, 2.24) is 4.90 Å². The molecule has 18 heavy (non-hydrogen) atoms. The van der Waals surface area contributed by atoms with E-state index in [9.17, 15) is 5.11 Å². The molecule has 1 heterocycles. The van der Waals surface area contributed by atoms with Gasteiger partial charge < -0.3 is 14.7 Å². The topological polar surface area (TPSA) is 32.7 Å². The Kier molecular flexibility index (Phi) is 5.93. The van der Waals surface area contributed by atoms with Crippen LogP contribution in [0.2, 0.25) is 0 Å². The summed E-state index contributed by atoms with van der Waals surface area (Å²) in [7, 11) is 0. The second kappa shape index (κ2) is 7.46. The van der Waals surface area contributed by atoms with Gasteiger partial charge in [0.05, 0.1) is 18.8 Å². The van der Waals surface area contributed by atoms with E-state index in [-0.39, 0.29) is 6.10 Å². The first kappa shape index (κ1) is 14.3. The molecule has 106 valence electrons. The van der Waals surface area contributed by atoms with Gasteiger partial charge in [-0.15, -0.1) is 0 Å². The lowest BCUT2D eigenvalue weighted by molar-refractivity contribution is -0.0361. The number of ether oxygens (including phenoxy) is 1. The molecular weight excluding hydrogens is 226 g/mol. The van der Waals surface area contributed by atoms with Gasteiger partial charge in [-0.2, -0.15) is 0 Å². The SMILES string of the molecule is C[C@H]1CCCN(C[C@H](O)COC2CCCCC2)C1. The van der Waals surface area contributed by atoms with Crippen LogP contribution in [0.3, 0.4) is 0 Å². The second-order valence-electron chi connectivity index (χ2n) is 6.25. The normalized spacial score (nSPS) is 29.3. The van der Waals surface area contributed by atoms with Gasteiger partial charge in [0.2, 0.25) is 0 Å². The molecule has 2 aliphatic rings. The fourth-order valence-electron chi connectivity index (χ4n) is 3.28. The zero-order valence-corrected chi connectivity index (χ0v) is 11.8. The molecular formula is C15H29NO2. The number of nitrogens with zero attached hydrogens (tertiary/aromatic N) is 1. The van der Waals surface area contributed by atoms with Crippen LogP contribution < -0.4 is 0 Å². The van der Waals surface area contributed by atoms with Gasteiger partial charge >= 0.3 is 0 Å². The third kappa shape index (κ3) is 4.87. The van der Waals surface area contributed by atoms with Crippen LogP contribution in [0, 0.1) is 5.92 Å². The number of hydrogen-bond acceptors (Lipinski definition) is 3. The third-order valence-electron chi connectivity index (χ3n) is 4.29. The van der Waals surface area contributed by atoms with E-state index in [1.807, 2.05) is 0 Å². The molecule has 1 aliphatic heterocycles. The van der Waals surface area contributed by atoms with Crippen molar-refractivity contribution in [1.29, 1.82) is 0 Å². The number of aliphatic hydroxyl groups is 1. The fourth-order valence-corrected chi connectivity index (χ4v) is 3.28. The fraction of sp³-hybridized carbons (Fsp3) is 1.00. The van der Waals surface area contributed by atoms with Crippen LogP contribution in [0.15, 0.2) is 0 Å². The zero-order valence-electron chi connectivity index (χ0n) is 11.8. The number of hydrogen-bond donors (Lipinski definition) is 1. The molecule has 2 fully saturated rings. The molecule has 0 amide bonds. The Hall–Kier alpha value is -0.120. The van der Waals surface area contributed by atoms with Crippen LogP contribution >= 0.6 is 0 Å². The van der Waals surface area contributed by atoms with Crippen molar-refractivity contribution in [2.45, 2.75) is 64.1 Å². The van der Waals surface area contributed by atoms with Crippen molar-refractivity contribution in [3.8, 4) is 0 Å². The first-order valence-electron chi connectivity index (χ1n) is 7.76. The predicted molar refractivity (Wildman–Crippen MR) is 73.7 cm³/mol. The van der Waals surface area contributed by atoms with Crippen molar-refractivity contribution >= 4 is 0 Å². The molecule has 0 radical (unpaired) electrons. The maximum Gasteiger partial charge on any atom is 0.0900 e. The van der Waals surface area contributed by atoms with Crippen molar-refractivity contribution in [2.75, 3.05) is 26.2 Å². The molecule has 1 N–H and O–H groups in total. The molecule has 3 heteroatoms. The van der Waals surface area contributed by atoms with E-state index in [0.717, 1.165) is 25.6 Å². The number of β-amino-alcohol motifs (C(OH)–C–C–N with tert-alkyl or cyclic N) is 1. The van der Waals surface area contributed by atoms with Gasteiger partial charge in [-0.3, -0.25) is 0 Å². The number of aliphatic hydroxyl groups excluding tert-OH is 1. The van der Waals surface area contributed by atoms with Gasteiger partial charge in [0.15, 0.2) is 0 Å². The largest absolute Gasteiger partial charge is 0.389 e. The maximum absolute atomic E-state index is 10.1. The van der Waals surface area contributed by atoms with Gasteiger partial charge in [0, 0.05) is 13.1 Å². The van der Waals surface area contributed by atoms with E-state index in [2.05, 4.69) is 11.8 Å². The smallest absolute Gasteiger partial charge is 0.0900 e. The van der Waals surface area contributed by atoms with E-state index in [1.165, 1.54) is 44.9 Å². The van der Waals surface area contributed by atoms with Gasteiger partial charge in [-0.1, -0.05) is 26.2 Å². The Labute approximate surface area is 112 Å². The summed E-state index contributed by atoms with van der Waals surface area (Å²) in [4.78, 5) is 2.39. The second-order valence-corrected chi connectivity index (χ2v) is 6.25. The standard InChI is InChI=1S/C15H29NO2/c1-13-6-5-9-16(10-13)11-14(17)12-18-15-7-3-2-4-8-15/h13-15,17H,2-12H2,1H3/t13-,14-/m0/s1. The average Bonchev–Trinajstić information content (AvgIpc) is 2.38. The number of likely N-dealkylation sites (tertiary alicyclic amines) is 1. The highest BCUT2D eigenvalue weighted by Gasteiger charge is 2.20. The summed E-state index contributed by atoms with van der Waals surface area (Å²) in [6.07, 6.45) is 9.04. The third-order valence-corrected chi connectivity index (χ3v) is 4.29. The molecule has 1 saturated carbocycles. The molecule has 0 aromatic heterocycles. The van der Waals surface area contributed by atoms with Gasteiger partial charge in [-0.05, 0) is 38.1 Å². The predicted octanol–water partition coefficient (Wildman–Crippen LogP) is 2.43. The monoisotopic (exact) mass is 255 g/mol. The Morgan fingerprint density at radius 2 is 1.94 bits per heavy atom. The molecule has 0 aromatic rings. The lowest BCUT2D eigenvalue weighted by atomic mass is 9.98. The van der Waals surface area contributed by atoms with Crippen molar-refractivity contribution in [3.63, 3.8) is 0 Å². The highest BCUT2D eigenvalue weighted by molar-refractivity contribution is 4.73. The molecule has 0 spiro atoms. The van der Waals surface area contributed by atoms with Crippen molar-refractivity contribution in [3.05, 3.63) is 0 Å². The van der Waals surface area contributed by atoms with E-state index in [4.69, 9.17) is 4.74 Å². The molecule has 0 unspecified atom stereocenters. The molecule has 3 nitrogen and oxygen atoms in total. The van der Waals surface area contributed by atoms with Crippen LogP contribution in [-0.2, 0) is 4.74 Å². The maximum atomic E-state index is 10.1.